The molecule has 0 N–H and O–H groups in total. The topological polar surface area (TPSA) is 20.3 Å². The van der Waals surface area contributed by atoms with E-state index in [9.17, 15) is 4.79 Å². The molecule has 98 valence electrons. The molecule has 3 heteroatoms. The number of hydrogen-bond donors (Lipinski definition) is 0. The van der Waals surface area contributed by atoms with Gasteiger partial charge in [-0.1, -0.05) is 42.6 Å². The maximum absolute atomic E-state index is 12.7. The summed E-state index contributed by atoms with van der Waals surface area (Å²) in [7, 11) is 0. The van der Waals surface area contributed by atoms with Crippen LogP contribution < -0.4 is 0 Å². The van der Waals surface area contributed by atoms with Crippen LogP contribution in [-0.4, -0.2) is 28.7 Å². The van der Waals surface area contributed by atoms with Gasteiger partial charge in [0.2, 0.25) is 5.91 Å². The monoisotopic (exact) mass is 301 g/mol. The molecule has 1 saturated heterocycles. The van der Waals surface area contributed by atoms with Crippen LogP contribution in [0.5, 0.6) is 0 Å². The molecule has 0 aromatic rings. The van der Waals surface area contributed by atoms with Gasteiger partial charge in [0.05, 0.1) is 0 Å². The van der Waals surface area contributed by atoms with Crippen molar-refractivity contribution in [1.29, 1.82) is 0 Å². The Balaban J connectivity index is 2.04. The number of rotatable bonds is 2. The van der Waals surface area contributed by atoms with Gasteiger partial charge in [-0.2, -0.15) is 0 Å². The number of nitrogens with zero attached hydrogens (tertiary/aromatic N) is 1. The van der Waals surface area contributed by atoms with Crippen LogP contribution in [0.25, 0.3) is 0 Å². The van der Waals surface area contributed by atoms with Crippen molar-refractivity contribution >= 4 is 21.8 Å². The van der Waals surface area contributed by atoms with E-state index in [-0.39, 0.29) is 5.41 Å². The molecule has 17 heavy (non-hydrogen) atoms. The highest BCUT2D eigenvalue weighted by molar-refractivity contribution is 9.09. The molecule has 1 saturated carbocycles. The van der Waals surface area contributed by atoms with Gasteiger partial charge in [-0.3, -0.25) is 4.79 Å². The molecule has 2 rings (SSSR count). The molecule has 2 fully saturated rings. The number of hydrogen-bond acceptors (Lipinski definition) is 1. The predicted molar refractivity (Wildman–Crippen MR) is 74.3 cm³/mol. The Bertz CT molecular complexity index is 286. The van der Waals surface area contributed by atoms with Crippen molar-refractivity contribution in [1.82, 2.24) is 4.90 Å². The number of carbonyl (C=O) groups is 1. The molecule has 0 spiro atoms. The molecule has 1 heterocycles. The van der Waals surface area contributed by atoms with Crippen molar-refractivity contribution in [2.24, 2.45) is 11.3 Å². The third-order valence-corrected chi connectivity index (χ3v) is 6.14. The lowest BCUT2D eigenvalue weighted by Gasteiger charge is -2.39. The van der Waals surface area contributed by atoms with Crippen LogP contribution in [0.3, 0.4) is 0 Å². The van der Waals surface area contributed by atoms with Crippen molar-refractivity contribution in [2.45, 2.75) is 57.2 Å². The van der Waals surface area contributed by atoms with E-state index in [4.69, 9.17) is 0 Å². The Morgan fingerprint density at radius 1 is 1.41 bits per heavy atom. The standard InChI is InChI=1S/C14H24BrNO/c1-3-14(7-4-5-8-14)13(17)16-9-6-12(15)11(2)10-16/h11-12H,3-10H2,1-2H3. The van der Waals surface area contributed by atoms with Crippen LogP contribution >= 0.6 is 15.9 Å². The summed E-state index contributed by atoms with van der Waals surface area (Å²) < 4.78 is 0. The molecule has 0 radical (unpaired) electrons. The zero-order chi connectivity index (χ0) is 12.5. The summed E-state index contributed by atoms with van der Waals surface area (Å²) in [5.74, 6) is 1.03. The molecule has 0 aromatic carbocycles. The van der Waals surface area contributed by atoms with Crippen LogP contribution in [0.2, 0.25) is 0 Å². The lowest BCUT2D eigenvalue weighted by molar-refractivity contribution is -0.143. The van der Waals surface area contributed by atoms with Gasteiger partial charge in [-0.15, -0.1) is 0 Å². The SMILES string of the molecule is CCC1(C(=O)N2CCC(Br)C(C)C2)CCCC1. The molecule has 2 aliphatic rings. The van der Waals surface area contributed by atoms with Crippen molar-refractivity contribution in [2.75, 3.05) is 13.1 Å². The van der Waals surface area contributed by atoms with Gasteiger partial charge in [-0.05, 0) is 31.6 Å². The minimum atomic E-state index is -0.00112. The summed E-state index contributed by atoms with van der Waals surface area (Å²) in [5.41, 5.74) is -0.00112. The summed E-state index contributed by atoms with van der Waals surface area (Å²) in [6, 6.07) is 0. The number of alkyl halides is 1. The van der Waals surface area contributed by atoms with E-state index in [1.807, 2.05) is 0 Å². The Labute approximate surface area is 113 Å². The van der Waals surface area contributed by atoms with E-state index >= 15 is 0 Å². The summed E-state index contributed by atoms with van der Waals surface area (Å²) >= 11 is 3.71. The first kappa shape index (κ1) is 13.4. The first-order chi connectivity index (χ1) is 8.09. The number of halogens is 1. The summed E-state index contributed by atoms with van der Waals surface area (Å²) in [4.78, 5) is 15.4. The summed E-state index contributed by atoms with van der Waals surface area (Å²) in [6.07, 6.45) is 6.84. The molecule has 0 bridgehead atoms. The number of amides is 1. The minimum Gasteiger partial charge on any atom is -0.342 e. The van der Waals surface area contributed by atoms with Crippen molar-refractivity contribution < 1.29 is 4.79 Å². The third-order valence-electron chi connectivity index (χ3n) is 4.78. The molecular formula is C14H24BrNO. The highest BCUT2D eigenvalue weighted by atomic mass is 79.9. The number of likely N-dealkylation sites (tertiary alicyclic amines) is 1. The predicted octanol–water partition coefficient (Wildman–Crippen LogP) is 3.59. The van der Waals surface area contributed by atoms with E-state index in [1.165, 1.54) is 12.8 Å². The van der Waals surface area contributed by atoms with Crippen LogP contribution in [0, 0.1) is 11.3 Å². The molecule has 1 aliphatic carbocycles. The Morgan fingerprint density at radius 3 is 2.59 bits per heavy atom. The van der Waals surface area contributed by atoms with E-state index in [1.54, 1.807) is 0 Å². The minimum absolute atomic E-state index is 0.00112. The summed E-state index contributed by atoms with van der Waals surface area (Å²) in [6.45, 7) is 6.31. The van der Waals surface area contributed by atoms with Crippen LogP contribution in [-0.2, 0) is 4.79 Å². The molecule has 2 unspecified atom stereocenters. The molecule has 1 amide bonds. The van der Waals surface area contributed by atoms with Crippen molar-refractivity contribution in [3.05, 3.63) is 0 Å². The molecule has 1 aliphatic heterocycles. The second kappa shape index (κ2) is 5.29. The van der Waals surface area contributed by atoms with Crippen LogP contribution in [0.1, 0.15) is 52.4 Å². The average molecular weight is 302 g/mol. The smallest absolute Gasteiger partial charge is 0.228 e. The fraction of sp³-hybridized carbons (Fsp3) is 0.929. The fourth-order valence-electron chi connectivity index (χ4n) is 3.41. The van der Waals surface area contributed by atoms with E-state index in [0.717, 1.165) is 38.8 Å². The van der Waals surface area contributed by atoms with Gasteiger partial charge in [0.1, 0.15) is 0 Å². The second-order valence-electron chi connectivity index (χ2n) is 5.87. The van der Waals surface area contributed by atoms with Gasteiger partial charge in [0.25, 0.3) is 0 Å². The maximum Gasteiger partial charge on any atom is 0.228 e. The Morgan fingerprint density at radius 2 is 2.06 bits per heavy atom. The lowest BCUT2D eigenvalue weighted by Crippen LogP contribution is -2.49. The first-order valence-electron chi connectivity index (χ1n) is 7.02. The van der Waals surface area contributed by atoms with E-state index in [2.05, 4.69) is 34.7 Å². The first-order valence-corrected chi connectivity index (χ1v) is 7.94. The average Bonchev–Trinajstić information content (AvgIpc) is 2.81. The largest absolute Gasteiger partial charge is 0.342 e. The zero-order valence-corrected chi connectivity index (χ0v) is 12.6. The highest BCUT2D eigenvalue weighted by Crippen LogP contribution is 2.43. The van der Waals surface area contributed by atoms with Gasteiger partial charge in [0, 0.05) is 23.3 Å². The van der Waals surface area contributed by atoms with Gasteiger partial charge >= 0.3 is 0 Å². The van der Waals surface area contributed by atoms with Crippen LogP contribution in [0.15, 0.2) is 0 Å². The summed E-state index contributed by atoms with van der Waals surface area (Å²) in [5, 5.41) is 0. The lowest BCUT2D eigenvalue weighted by atomic mass is 9.81. The van der Waals surface area contributed by atoms with Crippen molar-refractivity contribution in [3.8, 4) is 0 Å². The second-order valence-corrected chi connectivity index (χ2v) is 7.05. The van der Waals surface area contributed by atoms with E-state index < -0.39 is 0 Å². The van der Waals surface area contributed by atoms with Crippen LogP contribution in [0.4, 0.5) is 0 Å². The Kier molecular flexibility index (Phi) is 4.17. The molecule has 2 nitrogen and oxygen atoms in total. The highest BCUT2D eigenvalue weighted by Gasteiger charge is 2.43. The fourth-order valence-corrected chi connectivity index (χ4v) is 3.78. The zero-order valence-electron chi connectivity index (χ0n) is 11.0. The van der Waals surface area contributed by atoms with Gasteiger partial charge in [-0.25, -0.2) is 0 Å². The normalized spacial score (nSPS) is 32.8. The quantitative estimate of drug-likeness (QED) is 0.714. The number of carbonyl (C=O) groups excluding carboxylic acids is 1. The Hall–Kier alpha value is -0.0500. The van der Waals surface area contributed by atoms with Crippen molar-refractivity contribution in [3.63, 3.8) is 0 Å². The molecular weight excluding hydrogens is 278 g/mol. The molecule has 0 aromatic heterocycles. The molecule has 2 atom stereocenters. The maximum atomic E-state index is 12.7. The van der Waals surface area contributed by atoms with Gasteiger partial charge in [0.15, 0.2) is 0 Å². The van der Waals surface area contributed by atoms with Gasteiger partial charge < -0.3 is 4.90 Å². The number of piperidine rings is 1. The van der Waals surface area contributed by atoms with E-state index in [0.29, 0.717) is 16.7 Å². The third kappa shape index (κ3) is 2.54.